The van der Waals surface area contributed by atoms with E-state index in [9.17, 15) is 30.0 Å². The van der Waals surface area contributed by atoms with Crippen molar-refractivity contribution in [1.82, 2.24) is 0 Å². The molecular weight excluding hydrogens is 264 g/mol. The second-order valence-electron chi connectivity index (χ2n) is 4.40. The number of carbonyl (C=O) groups is 2. The first-order valence-electron chi connectivity index (χ1n) is 5.71. The van der Waals surface area contributed by atoms with Crippen LogP contribution in [0.1, 0.15) is 5.56 Å². The highest BCUT2D eigenvalue weighted by atomic mass is 16.5. The third-order valence-electron chi connectivity index (χ3n) is 3.29. The first-order valence-corrected chi connectivity index (χ1v) is 5.71. The standard InChI is InChI=1S/C14H12O6/c15-11(16)13(12(17)18)8-4-7-10(14(13,19)20)9-5-2-1-3-6-9/h1-8,19-20H,(H,15,16)(H,17,18). The van der Waals surface area contributed by atoms with Crippen LogP contribution in [0.25, 0.3) is 5.57 Å². The van der Waals surface area contributed by atoms with Crippen molar-refractivity contribution in [2.45, 2.75) is 5.79 Å². The van der Waals surface area contributed by atoms with Crippen LogP contribution in [0, 0.1) is 5.41 Å². The van der Waals surface area contributed by atoms with Crippen LogP contribution in [0.2, 0.25) is 0 Å². The number of hydrogen-bond donors (Lipinski definition) is 4. The number of hydrogen-bond acceptors (Lipinski definition) is 4. The van der Waals surface area contributed by atoms with Gasteiger partial charge in [-0.2, -0.15) is 0 Å². The van der Waals surface area contributed by atoms with Crippen LogP contribution in [0.5, 0.6) is 0 Å². The summed E-state index contributed by atoms with van der Waals surface area (Å²) in [5, 5.41) is 38.8. The molecule has 4 N–H and O–H groups in total. The topological polar surface area (TPSA) is 115 Å². The van der Waals surface area contributed by atoms with Crippen molar-refractivity contribution in [3.63, 3.8) is 0 Å². The molecule has 20 heavy (non-hydrogen) atoms. The van der Waals surface area contributed by atoms with Gasteiger partial charge in [0.25, 0.3) is 0 Å². The monoisotopic (exact) mass is 276 g/mol. The molecule has 0 heterocycles. The Morgan fingerprint density at radius 2 is 1.50 bits per heavy atom. The van der Waals surface area contributed by atoms with E-state index in [0.29, 0.717) is 5.56 Å². The van der Waals surface area contributed by atoms with Gasteiger partial charge in [-0.25, -0.2) is 0 Å². The van der Waals surface area contributed by atoms with Gasteiger partial charge in [0.2, 0.25) is 11.2 Å². The van der Waals surface area contributed by atoms with Crippen molar-refractivity contribution in [2.24, 2.45) is 5.41 Å². The number of allylic oxidation sites excluding steroid dienone is 2. The van der Waals surface area contributed by atoms with E-state index in [-0.39, 0.29) is 5.57 Å². The first-order chi connectivity index (χ1) is 9.34. The summed E-state index contributed by atoms with van der Waals surface area (Å²) in [5.41, 5.74) is -2.72. The molecule has 0 spiro atoms. The molecule has 0 aliphatic heterocycles. The first kappa shape index (κ1) is 14.0. The van der Waals surface area contributed by atoms with E-state index in [2.05, 4.69) is 0 Å². The normalized spacial score (nSPS) is 19.2. The summed E-state index contributed by atoms with van der Waals surface area (Å²) in [5.74, 6) is -6.78. The second-order valence-corrected chi connectivity index (χ2v) is 4.40. The number of aliphatic hydroxyl groups is 2. The lowest BCUT2D eigenvalue weighted by Crippen LogP contribution is -2.58. The van der Waals surface area contributed by atoms with Gasteiger partial charge in [0, 0.05) is 5.57 Å². The average Bonchev–Trinajstić information content (AvgIpc) is 2.38. The van der Waals surface area contributed by atoms with Gasteiger partial charge in [-0.05, 0) is 5.56 Å². The van der Waals surface area contributed by atoms with Crippen molar-refractivity contribution in [2.75, 3.05) is 0 Å². The molecule has 2 rings (SSSR count). The van der Waals surface area contributed by atoms with E-state index in [4.69, 9.17) is 0 Å². The van der Waals surface area contributed by atoms with Crippen molar-refractivity contribution in [3.05, 3.63) is 54.1 Å². The van der Waals surface area contributed by atoms with Crippen molar-refractivity contribution in [1.29, 1.82) is 0 Å². The number of carboxylic acids is 2. The lowest BCUT2D eigenvalue weighted by molar-refractivity contribution is -0.209. The highest BCUT2D eigenvalue weighted by Crippen LogP contribution is 2.44. The van der Waals surface area contributed by atoms with Gasteiger partial charge in [-0.1, -0.05) is 48.6 Å². The number of carboxylic acid groups (broad SMARTS) is 2. The van der Waals surface area contributed by atoms with Gasteiger partial charge in [-0.15, -0.1) is 0 Å². The summed E-state index contributed by atoms with van der Waals surface area (Å²) >= 11 is 0. The molecule has 1 aromatic carbocycles. The molecule has 0 saturated heterocycles. The second kappa shape index (κ2) is 4.59. The predicted octanol–water partition coefficient (Wildman–Crippen LogP) is 0.476. The molecule has 0 fully saturated rings. The molecule has 0 bridgehead atoms. The molecule has 0 saturated carbocycles. The van der Waals surface area contributed by atoms with Gasteiger partial charge in [0.15, 0.2) is 0 Å². The van der Waals surface area contributed by atoms with Crippen LogP contribution < -0.4 is 0 Å². The highest BCUT2D eigenvalue weighted by Gasteiger charge is 2.63. The Balaban J connectivity index is 2.65. The Kier molecular flexibility index (Phi) is 3.21. The molecule has 0 amide bonds. The zero-order chi connectivity index (χ0) is 15.0. The molecular formula is C14H12O6. The quantitative estimate of drug-likeness (QED) is 0.471. The molecule has 1 aromatic rings. The van der Waals surface area contributed by atoms with Crippen LogP contribution >= 0.6 is 0 Å². The van der Waals surface area contributed by atoms with Crippen LogP contribution in [-0.2, 0) is 9.59 Å². The summed E-state index contributed by atoms with van der Waals surface area (Å²) in [7, 11) is 0. The molecule has 0 atom stereocenters. The van der Waals surface area contributed by atoms with Crippen molar-refractivity contribution >= 4 is 17.5 Å². The summed E-state index contributed by atoms with van der Waals surface area (Å²) in [6.07, 6.45) is 3.22. The minimum atomic E-state index is -3.07. The fraction of sp³-hybridized carbons (Fsp3) is 0.143. The molecule has 0 aromatic heterocycles. The minimum Gasteiger partial charge on any atom is -0.480 e. The largest absolute Gasteiger partial charge is 0.480 e. The zero-order valence-corrected chi connectivity index (χ0v) is 10.2. The molecule has 104 valence electrons. The number of benzene rings is 1. The maximum Gasteiger partial charge on any atom is 0.331 e. The number of aliphatic carboxylic acids is 2. The van der Waals surface area contributed by atoms with Crippen LogP contribution in [0.3, 0.4) is 0 Å². The van der Waals surface area contributed by atoms with E-state index in [1.807, 2.05) is 0 Å². The maximum atomic E-state index is 11.3. The Bertz CT molecular complexity index is 598. The van der Waals surface area contributed by atoms with E-state index >= 15 is 0 Å². The van der Waals surface area contributed by atoms with Crippen LogP contribution in [0.15, 0.2) is 48.6 Å². The Hall–Kier alpha value is -2.44. The van der Waals surface area contributed by atoms with E-state index < -0.39 is 23.1 Å². The fourth-order valence-electron chi connectivity index (χ4n) is 2.18. The molecule has 6 nitrogen and oxygen atoms in total. The zero-order valence-electron chi connectivity index (χ0n) is 10.2. The summed E-state index contributed by atoms with van der Waals surface area (Å²) in [4.78, 5) is 22.7. The smallest absolute Gasteiger partial charge is 0.331 e. The predicted molar refractivity (Wildman–Crippen MR) is 68.4 cm³/mol. The van der Waals surface area contributed by atoms with Gasteiger partial charge in [-0.3, -0.25) is 9.59 Å². The Labute approximate surface area is 113 Å². The maximum absolute atomic E-state index is 11.3. The third kappa shape index (κ3) is 1.74. The molecule has 6 heteroatoms. The van der Waals surface area contributed by atoms with E-state index in [0.717, 1.165) is 6.08 Å². The lowest BCUT2D eigenvalue weighted by Gasteiger charge is -2.38. The molecule has 1 aliphatic carbocycles. The Morgan fingerprint density at radius 1 is 0.950 bits per heavy atom. The Morgan fingerprint density at radius 3 is 2.00 bits per heavy atom. The fourth-order valence-corrected chi connectivity index (χ4v) is 2.18. The van der Waals surface area contributed by atoms with Crippen LogP contribution in [-0.4, -0.2) is 38.2 Å². The average molecular weight is 276 g/mol. The van der Waals surface area contributed by atoms with Crippen molar-refractivity contribution < 1.29 is 30.0 Å². The SMILES string of the molecule is O=C(O)C1(C(=O)O)C=CC=C(c2ccccc2)C1(O)O. The van der Waals surface area contributed by atoms with Gasteiger partial charge in [0.1, 0.15) is 0 Å². The number of rotatable bonds is 3. The lowest BCUT2D eigenvalue weighted by atomic mass is 9.71. The van der Waals surface area contributed by atoms with Gasteiger partial charge < -0.3 is 20.4 Å². The minimum absolute atomic E-state index is 0.189. The van der Waals surface area contributed by atoms with Gasteiger partial charge >= 0.3 is 11.9 Å². The third-order valence-corrected chi connectivity index (χ3v) is 3.29. The molecule has 0 radical (unpaired) electrons. The molecule has 0 unspecified atom stereocenters. The van der Waals surface area contributed by atoms with Gasteiger partial charge in [0.05, 0.1) is 0 Å². The summed E-state index contributed by atoms with van der Waals surface area (Å²) < 4.78 is 0. The van der Waals surface area contributed by atoms with Crippen molar-refractivity contribution in [3.8, 4) is 0 Å². The van der Waals surface area contributed by atoms with E-state index in [1.54, 1.807) is 18.2 Å². The summed E-state index contributed by atoms with van der Waals surface area (Å²) in [6.45, 7) is 0. The summed E-state index contributed by atoms with van der Waals surface area (Å²) in [6, 6.07) is 7.99. The molecule has 1 aliphatic rings. The highest BCUT2D eigenvalue weighted by molar-refractivity contribution is 6.05. The van der Waals surface area contributed by atoms with E-state index in [1.165, 1.54) is 24.3 Å². The van der Waals surface area contributed by atoms with Crippen LogP contribution in [0.4, 0.5) is 0 Å².